The first kappa shape index (κ1) is 15.3. The molecule has 2 aromatic rings. The fourth-order valence-electron chi connectivity index (χ4n) is 1.84. The molecule has 2 N–H and O–H groups in total. The Hall–Kier alpha value is -3.10. The molecule has 0 bridgehead atoms. The predicted molar refractivity (Wildman–Crippen MR) is 74.4 cm³/mol. The van der Waals surface area contributed by atoms with Crippen molar-refractivity contribution in [2.75, 3.05) is 12.8 Å². The highest BCUT2D eigenvalue weighted by molar-refractivity contribution is 5.94. The largest absolute Gasteiger partial charge is 0.496 e. The number of hydrogen-bond donors (Lipinski definition) is 1. The van der Waals surface area contributed by atoms with Crippen molar-refractivity contribution in [2.45, 2.75) is 13.5 Å². The number of nitrogen functional groups attached to an aromatic ring is 1. The summed E-state index contributed by atoms with van der Waals surface area (Å²) in [4.78, 5) is 22.2. The first-order valence-corrected chi connectivity index (χ1v) is 6.14. The standard InChI is InChI=1S/C13H13N3O6/c1-7-11(12(14)22-15-7)13(17)21-6-8-5-9(16(18)19)3-4-10(8)20-2/h3-5H,6,14H2,1-2H3. The van der Waals surface area contributed by atoms with Crippen LogP contribution in [0.4, 0.5) is 11.6 Å². The summed E-state index contributed by atoms with van der Waals surface area (Å²) in [6.45, 7) is 1.33. The van der Waals surface area contributed by atoms with Crippen LogP contribution < -0.4 is 10.5 Å². The number of carbonyl (C=O) groups is 1. The topological polar surface area (TPSA) is 131 Å². The van der Waals surface area contributed by atoms with Crippen LogP contribution in [0, 0.1) is 17.0 Å². The Balaban J connectivity index is 2.19. The van der Waals surface area contributed by atoms with Crippen molar-refractivity contribution in [1.29, 1.82) is 0 Å². The molecule has 0 fully saturated rings. The quantitative estimate of drug-likeness (QED) is 0.503. The Labute approximate surface area is 124 Å². The molecule has 2 rings (SSSR count). The van der Waals surface area contributed by atoms with E-state index in [4.69, 9.17) is 15.2 Å². The molecule has 1 aromatic carbocycles. The Kier molecular flexibility index (Phi) is 4.25. The number of aromatic nitrogens is 1. The molecule has 0 saturated carbocycles. The lowest BCUT2D eigenvalue weighted by atomic mass is 10.2. The second-order valence-corrected chi connectivity index (χ2v) is 4.34. The molecule has 22 heavy (non-hydrogen) atoms. The van der Waals surface area contributed by atoms with E-state index in [9.17, 15) is 14.9 Å². The van der Waals surface area contributed by atoms with Gasteiger partial charge in [0.2, 0.25) is 5.88 Å². The second kappa shape index (κ2) is 6.12. The van der Waals surface area contributed by atoms with E-state index in [1.807, 2.05) is 0 Å². The van der Waals surface area contributed by atoms with Crippen LogP contribution in [0.3, 0.4) is 0 Å². The monoisotopic (exact) mass is 307 g/mol. The molecule has 1 aromatic heterocycles. The van der Waals surface area contributed by atoms with Gasteiger partial charge < -0.3 is 19.7 Å². The lowest BCUT2D eigenvalue weighted by molar-refractivity contribution is -0.385. The minimum atomic E-state index is -0.732. The number of benzene rings is 1. The van der Waals surface area contributed by atoms with Gasteiger partial charge in [0.1, 0.15) is 17.9 Å². The summed E-state index contributed by atoms with van der Waals surface area (Å²) in [6.07, 6.45) is 0. The molecule has 0 saturated heterocycles. The van der Waals surface area contributed by atoms with Gasteiger partial charge in [0.05, 0.1) is 17.7 Å². The highest BCUT2D eigenvalue weighted by Crippen LogP contribution is 2.25. The number of carbonyl (C=O) groups excluding carboxylic acids is 1. The number of methoxy groups -OCH3 is 1. The third kappa shape index (κ3) is 2.97. The highest BCUT2D eigenvalue weighted by Gasteiger charge is 2.21. The smallest absolute Gasteiger partial charge is 0.346 e. The zero-order valence-corrected chi connectivity index (χ0v) is 11.9. The van der Waals surface area contributed by atoms with Crippen LogP contribution in [0.2, 0.25) is 0 Å². The number of rotatable bonds is 5. The number of esters is 1. The molecule has 0 atom stereocenters. The summed E-state index contributed by atoms with van der Waals surface area (Å²) in [5, 5.41) is 14.3. The Morgan fingerprint density at radius 1 is 1.50 bits per heavy atom. The average molecular weight is 307 g/mol. The predicted octanol–water partition coefficient (Wildman–Crippen LogP) is 1.84. The maximum Gasteiger partial charge on any atom is 0.346 e. The molecular weight excluding hydrogens is 294 g/mol. The number of anilines is 1. The molecule has 116 valence electrons. The van der Waals surface area contributed by atoms with E-state index >= 15 is 0 Å². The van der Waals surface area contributed by atoms with Crippen molar-refractivity contribution < 1.29 is 23.7 Å². The molecule has 1 heterocycles. The summed E-state index contributed by atoms with van der Waals surface area (Å²) < 4.78 is 14.8. The van der Waals surface area contributed by atoms with Crippen LogP contribution >= 0.6 is 0 Å². The van der Waals surface area contributed by atoms with E-state index in [-0.39, 0.29) is 23.7 Å². The van der Waals surface area contributed by atoms with Gasteiger partial charge in [-0.05, 0) is 13.0 Å². The molecule has 0 aliphatic heterocycles. The molecule has 0 aliphatic carbocycles. The third-order valence-electron chi connectivity index (χ3n) is 2.93. The van der Waals surface area contributed by atoms with E-state index in [2.05, 4.69) is 9.68 Å². The summed E-state index contributed by atoms with van der Waals surface area (Å²) in [7, 11) is 1.41. The first-order valence-electron chi connectivity index (χ1n) is 6.14. The summed E-state index contributed by atoms with van der Waals surface area (Å²) in [5.41, 5.74) is 6.05. The van der Waals surface area contributed by atoms with Crippen molar-refractivity contribution in [1.82, 2.24) is 5.16 Å². The molecule has 0 unspecified atom stereocenters. The zero-order valence-electron chi connectivity index (χ0n) is 11.9. The van der Waals surface area contributed by atoms with Crippen LogP contribution in [0.1, 0.15) is 21.6 Å². The van der Waals surface area contributed by atoms with Crippen molar-refractivity contribution in [2.24, 2.45) is 0 Å². The van der Waals surface area contributed by atoms with E-state index in [0.29, 0.717) is 17.0 Å². The van der Waals surface area contributed by atoms with Crippen LogP contribution in [0.15, 0.2) is 22.7 Å². The maximum atomic E-state index is 12.0. The number of ether oxygens (including phenoxy) is 2. The molecule has 9 heteroatoms. The Morgan fingerprint density at radius 2 is 2.23 bits per heavy atom. The van der Waals surface area contributed by atoms with E-state index < -0.39 is 10.9 Å². The number of nitro groups is 1. The second-order valence-electron chi connectivity index (χ2n) is 4.34. The van der Waals surface area contributed by atoms with Gasteiger partial charge in [0.15, 0.2) is 0 Å². The number of hydrogen-bond acceptors (Lipinski definition) is 8. The van der Waals surface area contributed by atoms with Gasteiger partial charge in [0, 0.05) is 17.7 Å². The lowest BCUT2D eigenvalue weighted by Gasteiger charge is -2.09. The SMILES string of the molecule is COc1ccc([N+](=O)[O-])cc1COC(=O)c1c(C)noc1N. The molecule has 0 spiro atoms. The Morgan fingerprint density at radius 3 is 2.77 bits per heavy atom. The summed E-state index contributed by atoms with van der Waals surface area (Å²) >= 11 is 0. The van der Waals surface area contributed by atoms with Crippen molar-refractivity contribution in [3.05, 3.63) is 45.1 Å². The normalized spacial score (nSPS) is 10.3. The van der Waals surface area contributed by atoms with Crippen molar-refractivity contribution in [3.8, 4) is 5.75 Å². The van der Waals surface area contributed by atoms with Gasteiger partial charge in [-0.25, -0.2) is 4.79 Å². The van der Waals surface area contributed by atoms with Crippen LogP contribution in [-0.4, -0.2) is 23.2 Å². The van der Waals surface area contributed by atoms with Gasteiger partial charge in [-0.15, -0.1) is 0 Å². The first-order chi connectivity index (χ1) is 10.4. The molecular formula is C13H13N3O6. The van der Waals surface area contributed by atoms with E-state index in [1.165, 1.54) is 25.3 Å². The minimum Gasteiger partial charge on any atom is -0.496 e. The van der Waals surface area contributed by atoms with E-state index in [0.717, 1.165) is 0 Å². The maximum absolute atomic E-state index is 12.0. The van der Waals surface area contributed by atoms with Crippen LogP contribution in [0.25, 0.3) is 0 Å². The minimum absolute atomic E-state index is 0.0318. The molecule has 0 aliphatic rings. The van der Waals surface area contributed by atoms with E-state index in [1.54, 1.807) is 6.92 Å². The average Bonchev–Trinajstić information content (AvgIpc) is 2.83. The fourth-order valence-corrected chi connectivity index (χ4v) is 1.84. The Bertz CT molecular complexity index is 705. The van der Waals surface area contributed by atoms with Crippen LogP contribution in [-0.2, 0) is 11.3 Å². The van der Waals surface area contributed by atoms with Crippen molar-refractivity contribution >= 4 is 17.5 Å². The zero-order chi connectivity index (χ0) is 16.3. The van der Waals surface area contributed by atoms with Gasteiger partial charge >= 0.3 is 5.97 Å². The number of nitro benzene ring substituents is 1. The molecule has 0 amide bonds. The van der Waals surface area contributed by atoms with Gasteiger partial charge in [-0.3, -0.25) is 10.1 Å². The number of nitrogens with zero attached hydrogens (tertiary/aromatic N) is 2. The number of aryl methyl sites for hydroxylation is 1. The number of nitrogens with two attached hydrogens (primary N) is 1. The molecule has 9 nitrogen and oxygen atoms in total. The summed E-state index contributed by atoms with van der Waals surface area (Å²) in [5.74, 6) is -0.508. The van der Waals surface area contributed by atoms with Gasteiger partial charge in [-0.2, -0.15) is 0 Å². The lowest BCUT2D eigenvalue weighted by Crippen LogP contribution is -2.09. The summed E-state index contributed by atoms with van der Waals surface area (Å²) in [6, 6.07) is 4.00. The fraction of sp³-hybridized carbons (Fsp3) is 0.231. The van der Waals surface area contributed by atoms with Crippen LogP contribution in [0.5, 0.6) is 5.75 Å². The molecule has 0 radical (unpaired) electrons. The van der Waals surface area contributed by atoms with Gasteiger partial charge in [-0.1, -0.05) is 5.16 Å². The van der Waals surface area contributed by atoms with Gasteiger partial charge in [0.25, 0.3) is 5.69 Å². The highest BCUT2D eigenvalue weighted by atomic mass is 16.6. The third-order valence-corrected chi connectivity index (χ3v) is 2.93. The number of non-ortho nitro benzene ring substituents is 1. The van der Waals surface area contributed by atoms with Crippen molar-refractivity contribution in [3.63, 3.8) is 0 Å².